The summed E-state index contributed by atoms with van der Waals surface area (Å²) in [6, 6.07) is 5.10. The number of rotatable bonds is 5. The first kappa shape index (κ1) is 14.5. The minimum absolute atomic E-state index is 0.115. The highest BCUT2D eigenvalue weighted by molar-refractivity contribution is 5.77. The van der Waals surface area contributed by atoms with Gasteiger partial charge in [0.25, 0.3) is 5.69 Å². The number of carboxylic acids is 1. The van der Waals surface area contributed by atoms with Crippen LogP contribution in [0.3, 0.4) is 0 Å². The van der Waals surface area contributed by atoms with Crippen LogP contribution in [0.25, 0.3) is 0 Å². The van der Waals surface area contributed by atoms with E-state index in [-0.39, 0.29) is 17.3 Å². The van der Waals surface area contributed by atoms with Gasteiger partial charge in [-0.15, -0.1) is 0 Å². The van der Waals surface area contributed by atoms with Gasteiger partial charge in [-0.1, -0.05) is 31.4 Å². The second-order valence-electron chi connectivity index (χ2n) is 5.09. The molecule has 1 aliphatic rings. The normalized spacial score (nSPS) is 17.6. The molecule has 1 fully saturated rings. The maximum Gasteiger partial charge on any atom is 0.325 e. The minimum atomic E-state index is -1.08. The summed E-state index contributed by atoms with van der Waals surface area (Å²) in [5.41, 5.74) is 0.0683. The Labute approximate surface area is 117 Å². The molecule has 1 aliphatic carbocycles. The quantitative estimate of drug-likeness (QED) is 0.638. The summed E-state index contributed by atoms with van der Waals surface area (Å²) < 4.78 is 0. The SMILES string of the molecule is O=C(O)C(NC1CCCCC1)c1ccccc1[N+](=O)[O-]. The molecule has 1 atom stereocenters. The molecule has 1 aromatic carbocycles. The van der Waals surface area contributed by atoms with Crippen LogP contribution in [0, 0.1) is 10.1 Å². The van der Waals surface area contributed by atoms with Crippen LogP contribution in [0.2, 0.25) is 0 Å². The first-order valence-corrected chi connectivity index (χ1v) is 6.82. The van der Waals surface area contributed by atoms with E-state index in [1.165, 1.54) is 18.6 Å². The van der Waals surface area contributed by atoms with E-state index in [9.17, 15) is 20.0 Å². The van der Waals surface area contributed by atoms with E-state index in [0.29, 0.717) is 0 Å². The molecular formula is C14H18N2O4. The number of nitro benzene ring substituents is 1. The van der Waals surface area contributed by atoms with E-state index >= 15 is 0 Å². The lowest BCUT2D eigenvalue weighted by Gasteiger charge is -2.26. The van der Waals surface area contributed by atoms with Crippen molar-refractivity contribution in [3.63, 3.8) is 0 Å². The molecule has 1 unspecified atom stereocenters. The summed E-state index contributed by atoms with van der Waals surface area (Å²) in [4.78, 5) is 22.0. The average Bonchev–Trinajstić information content (AvgIpc) is 2.45. The van der Waals surface area contributed by atoms with E-state index < -0.39 is 16.9 Å². The molecule has 0 amide bonds. The third kappa shape index (κ3) is 3.33. The third-order valence-electron chi connectivity index (χ3n) is 3.70. The van der Waals surface area contributed by atoms with Crippen LogP contribution in [-0.2, 0) is 4.79 Å². The molecule has 2 N–H and O–H groups in total. The Balaban J connectivity index is 2.24. The standard InChI is InChI=1S/C14H18N2O4/c17-14(18)13(15-10-6-2-1-3-7-10)11-8-4-5-9-12(11)16(19)20/h4-5,8-10,13,15H,1-3,6-7H2,(H,17,18). The van der Waals surface area contributed by atoms with Crippen molar-refractivity contribution in [1.29, 1.82) is 0 Å². The first-order chi connectivity index (χ1) is 9.59. The minimum Gasteiger partial charge on any atom is -0.480 e. The molecule has 0 saturated heterocycles. The van der Waals surface area contributed by atoms with Crippen molar-refractivity contribution in [2.24, 2.45) is 0 Å². The number of nitrogens with one attached hydrogen (secondary N) is 1. The van der Waals surface area contributed by atoms with Gasteiger partial charge in [-0.2, -0.15) is 0 Å². The fourth-order valence-electron chi connectivity index (χ4n) is 2.70. The summed E-state index contributed by atoms with van der Waals surface area (Å²) in [5.74, 6) is -1.08. The maximum atomic E-state index is 11.5. The number of carboxylic acid groups (broad SMARTS) is 1. The molecule has 0 aromatic heterocycles. The van der Waals surface area contributed by atoms with Gasteiger partial charge in [0.05, 0.1) is 10.5 Å². The van der Waals surface area contributed by atoms with Gasteiger partial charge in [-0.25, -0.2) is 0 Å². The van der Waals surface area contributed by atoms with Crippen molar-refractivity contribution in [2.75, 3.05) is 0 Å². The molecule has 0 spiro atoms. The predicted molar refractivity (Wildman–Crippen MR) is 73.5 cm³/mol. The Kier molecular flexibility index (Phi) is 4.68. The molecule has 20 heavy (non-hydrogen) atoms. The third-order valence-corrected chi connectivity index (χ3v) is 3.70. The Morgan fingerprint density at radius 1 is 1.30 bits per heavy atom. The predicted octanol–water partition coefficient (Wildman–Crippen LogP) is 2.64. The number of hydrogen-bond acceptors (Lipinski definition) is 4. The lowest BCUT2D eigenvalue weighted by Crippen LogP contribution is -2.38. The average molecular weight is 278 g/mol. The monoisotopic (exact) mass is 278 g/mol. The fraction of sp³-hybridized carbons (Fsp3) is 0.500. The number of para-hydroxylation sites is 1. The largest absolute Gasteiger partial charge is 0.480 e. The van der Waals surface area contributed by atoms with Gasteiger partial charge in [0.1, 0.15) is 6.04 Å². The van der Waals surface area contributed by atoms with Crippen LogP contribution in [0.4, 0.5) is 5.69 Å². The lowest BCUT2D eigenvalue weighted by molar-refractivity contribution is -0.385. The molecule has 1 aromatic rings. The van der Waals surface area contributed by atoms with E-state index in [1.54, 1.807) is 12.1 Å². The van der Waals surface area contributed by atoms with Gasteiger partial charge in [0.15, 0.2) is 0 Å². The molecule has 6 heteroatoms. The Morgan fingerprint density at radius 3 is 2.55 bits per heavy atom. The fourth-order valence-corrected chi connectivity index (χ4v) is 2.70. The number of nitro groups is 1. The molecule has 108 valence electrons. The highest BCUT2D eigenvalue weighted by Gasteiger charge is 2.29. The molecule has 0 aliphatic heterocycles. The van der Waals surface area contributed by atoms with Gasteiger partial charge in [0.2, 0.25) is 0 Å². The number of aliphatic carboxylic acids is 1. The highest BCUT2D eigenvalue weighted by atomic mass is 16.6. The molecule has 1 saturated carbocycles. The molecule has 0 bridgehead atoms. The van der Waals surface area contributed by atoms with Crippen LogP contribution in [-0.4, -0.2) is 22.0 Å². The smallest absolute Gasteiger partial charge is 0.325 e. The van der Waals surface area contributed by atoms with E-state index in [1.807, 2.05) is 0 Å². The molecule has 2 rings (SSSR count). The second kappa shape index (κ2) is 6.47. The zero-order valence-electron chi connectivity index (χ0n) is 11.1. The second-order valence-corrected chi connectivity index (χ2v) is 5.09. The Morgan fingerprint density at radius 2 is 1.95 bits per heavy atom. The number of carbonyl (C=O) groups is 1. The zero-order chi connectivity index (χ0) is 14.5. The van der Waals surface area contributed by atoms with Crippen molar-refractivity contribution < 1.29 is 14.8 Å². The molecule has 0 radical (unpaired) electrons. The van der Waals surface area contributed by atoms with Gasteiger partial charge >= 0.3 is 5.97 Å². The zero-order valence-corrected chi connectivity index (χ0v) is 11.1. The van der Waals surface area contributed by atoms with E-state index in [0.717, 1.165) is 25.7 Å². The van der Waals surface area contributed by atoms with E-state index in [2.05, 4.69) is 5.32 Å². The summed E-state index contributed by atoms with van der Waals surface area (Å²) in [7, 11) is 0. The van der Waals surface area contributed by atoms with E-state index in [4.69, 9.17) is 0 Å². The van der Waals surface area contributed by atoms with Crippen LogP contribution >= 0.6 is 0 Å². The van der Waals surface area contributed by atoms with Crippen molar-refractivity contribution in [3.8, 4) is 0 Å². The van der Waals surface area contributed by atoms with Crippen LogP contribution < -0.4 is 5.32 Å². The van der Waals surface area contributed by atoms with Crippen molar-refractivity contribution >= 4 is 11.7 Å². The summed E-state index contributed by atoms with van der Waals surface area (Å²) in [6.07, 6.45) is 5.15. The van der Waals surface area contributed by atoms with Crippen LogP contribution in [0.15, 0.2) is 24.3 Å². The Bertz CT molecular complexity index is 498. The number of hydrogen-bond donors (Lipinski definition) is 2. The number of nitrogens with zero attached hydrogens (tertiary/aromatic N) is 1. The Hall–Kier alpha value is -1.95. The topological polar surface area (TPSA) is 92.5 Å². The lowest BCUT2D eigenvalue weighted by atomic mass is 9.93. The number of benzene rings is 1. The maximum absolute atomic E-state index is 11.5. The van der Waals surface area contributed by atoms with Gasteiger partial charge < -0.3 is 5.11 Å². The van der Waals surface area contributed by atoms with Crippen molar-refractivity contribution in [2.45, 2.75) is 44.2 Å². The molecular weight excluding hydrogens is 260 g/mol. The molecule has 6 nitrogen and oxygen atoms in total. The van der Waals surface area contributed by atoms with Gasteiger partial charge in [-0.05, 0) is 18.9 Å². The highest BCUT2D eigenvalue weighted by Crippen LogP contribution is 2.27. The molecule has 0 heterocycles. The van der Waals surface area contributed by atoms with Crippen molar-refractivity contribution in [1.82, 2.24) is 5.32 Å². The summed E-state index contributed by atoms with van der Waals surface area (Å²) >= 11 is 0. The summed E-state index contributed by atoms with van der Waals surface area (Å²) in [6.45, 7) is 0. The van der Waals surface area contributed by atoms with Crippen LogP contribution in [0.1, 0.15) is 43.7 Å². The van der Waals surface area contributed by atoms with Gasteiger partial charge in [0, 0.05) is 12.1 Å². The summed E-state index contributed by atoms with van der Waals surface area (Å²) in [5, 5.41) is 23.5. The first-order valence-electron chi connectivity index (χ1n) is 6.82. The van der Waals surface area contributed by atoms with Crippen LogP contribution in [0.5, 0.6) is 0 Å². The van der Waals surface area contributed by atoms with Gasteiger partial charge in [-0.3, -0.25) is 20.2 Å². The van der Waals surface area contributed by atoms with Crippen molar-refractivity contribution in [3.05, 3.63) is 39.9 Å².